The second kappa shape index (κ2) is 9.50. The van der Waals surface area contributed by atoms with Crippen molar-refractivity contribution in [3.05, 3.63) is 114 Å². The molecule has 1 aliphatic rings. The summed E-state index contributed by atoms with van der Waals surface area (Å²) in [7, 11) is -0.446. The second-order valence-electron chi connectivity index (χ2n) is 7.37. The lowest BCUT2D eigenvalue weighted by atomic mass is 10.1. The zero-order valence-corrected chi connectivity index (χ0v) is 18.7. The van der Waals surface area contributed by atoms with Crippen LogP contribution in [0.25, 0.3) is 0 Å². The molecule has 1 heterocycles. The molecule has 5 heteroatoms. The Morgan fingerprint density at radius 1 is 0.531 bits per heavy atom. The Morgan fingerprint density at radius 2 is 0.844 bits per heavy atom. The maximum Gasteiger partial charge on any atom is 0.586 e. The lowest BCUT2D eigenvalue weighted by Gasteiger charge is -2.18. The molecular formula is C27H23F2O2P. The van der Waals surface area contributed by atoms with Crippen molar-refractivity contribution in [1.29, 1.82) is 0 Å². The number of rotatable bonds is 3. The molecule has 0 N–H and O–H groups in total. The van der Waals surface area contributed by atoms with Crippen molar-refractivity contribution in [2.75, 3.05) is 0 Å². The fraction of sp³-hybridized carbons (Fsp3) is 0.111. The Bertz CT molecular complexity index is 1040. The van der Waals surface area contributed by atoms with Gasteiger partial charge in [-0.1, -0.05) is 103 Å². The minimum absolute atomic E-state index is 0.144. The average molecular weight is 448 g/mol. The van der Waals surface area contributed by atoms with Crippen molar-refractivity contribution in [2.45, 2.75) is 20.1 Å². The first-order valence-corrected chi connectivity index (χ1v) is 11.6. The minimum atomic E-state index is -3.51. The predicted octanol–water partition coefficient (Wildman–Crippen LogP) is 6.07. The third kappa shape index (κ3) is 4.98. The van der Waals surface area contributed by atoms with E-state index in [1.165, 1.54) is 15.9 Å². The van der Waals surface area contributed by atoms with E-state index in [1.807, 2.05) is 0 Å². The molecule has 4 aromatic rings. The molecule has 0 unspecified atom stereocenters. The Balaban J connectivity index is 0.000000165. The van der Waals surface area contributed by atoms with Gasteiger partial charge < -0.3 is 9.47 Å². The number of ether oxygens (including phenoxy) is 2. The van der Waals surface area contributed by atoms with Gasteiger partial charge in [0.15, 0.2) is 11.5 Å². The molecule has 2 nitrogen and oxygen atoms in total. The van der Waals surface area contributed by atoms with E-state index in [-0.39, 0.29) is 11.5 Å². The molecule has 0 aromatic heterocycles. The summed E-state index contributed by atoms with van der Waals surface area (Å²) in [4.78, 5) is 0. The molecular weight excluding hydrogens is 425 g/mol. The van der Waals surface area contributed by atoms with Crippen molar-refractivity contribution >= 4 is 23.8 Å². The van der Waals surface area contributed by atoms with E-state index in [9.17, 15) is 8.78 Å². The van der Waals surface area contributed by atoms with Gasteiger partial charge in [-0.05, 0) is 48.8 Å². The highest BCUT2D eigenvalue weighted by atomic mass is 31.1. The summed E-state index contributed by atoms with van der Waals surface area (Å²) in [5.74, 6) is 0.287. The van der Waals surface area contributed by atoms with Crippen LogP contribution in [0, 0.1) is 13.8 Å². The van der Waals surface area contributed by atoms with Gasteiger partial charge in [-0.15, -0.1) is 8.78 Å². The number of aryl methyl sites for hydroxylation is 2. The first-order chi connectivity index (χ1) is 15.4. The van der Waals surface area contributed by atoms with Gasteiger partial charge in [-0.2, -0.15) is 0 Å². The topological polar surface area (TPSA) is 18.5 Å². The largest absolute Gasteiger partial charge is 0.586 e. The molecule has 0 radical (unpaired) electrons. The molecule has 4 aromatic carbocycles. The third-order valence-electron chi connectivity index (χ3n) is 4.99. The second-order valence-corrected chi connectivity index (χ2v) is 9.59. The van der Waals surface area contributed by atoms with Gasteiger partial charge in [0.1, 0.15) is 0 Å². The molecule has 0 saturated carbocycles. The predicted molar refractivity (Wildman–Crippen MR) is 127 cm³/mol. The number of hydrogen-bond donors (Lipinski definition) is 0. The van der Waals surface area contributed by atoms with Crippen LogP contribution in [0.4, 0.5) is 8.78 Å². The van der Waals surface area contributed by atoms with E-state index < -0.39 is 14.2 Å². The monoisotopic (exact) mass is 448 g/mol. The summed E-state index contributed by atoms with van der Waals surface area (Å²) in [6.07, 6.45) is -3.51. The Labute approximate surface area is 188 Å². The standard InChI is InChI=1S/C18H15P.C9H8F2O2/c1-4-10-16(11-5-1)19(17-12-6-2-7-13-17)18-14-8-3-9-15-18;1-5-3-4-6(2)8-7(5)12-9(10,11)13-8/h1-15H;3-4H,1-2H3. The number of benzene rings is 4. The average Bonchev–Trinajstić information content (AvgIpc) is 3.16. The van der Waals surface area contributed by atoms with Gasteiger partial charge in [-0.3, -0.25) is 0 Å². The number of hydrogen-bond acceptors (Lipinski definition) is 2. The van der Waals surface area contributed by atoms with Crippen LogP contribution in [0.3, 0.4) is 0 Å². The van der Waals surface area contributed by atoms with E-state index in [0.717, 1.165) is 0 Å². The highest BCUT2D eigenvalue weighted by molar-refractivity contribution is 7.79. The summed E-state index contributed by atoms with van der Waals surface area (Å²) < 4.78 is 34.0. The summed E-state index contributed by atoms with van der Waals surface area (Å²) in [6, 6.07) is 35.8. The summed E-state index contributed by atoms with van der Waals surface area (Å²) >= 11 is 0. The fourth-order valence-electron chi connectivity index (χ4n) is 3.45. The number of fused-ring (bicyclic) bond motifs is 1. The summed E-state index contributed by atoms with van der Waals surface area (Å²) in [6.45, 7) is 3.39. The molecule has 0 fully saturated rings. The normalized spacial score (nSPS) is 13.4. The van der Waals surface area contributed by atoms with Gasteiger partial charge >= 0.3 is 6.29 Å². The third-order valence-corrected chi connectivity index (χ3v) is 7.43. The Morgan fingerprint density at radius 3 is 1.16 bits per heavy atom. The van der Waals surface area contributed by atoms with Crippen LogP contribution in [-0.2, 0) is 0 Å². The molecule has 32 heavy (non-hydrogen) atoms. The summed E-state index contributed by atoms with van der Waals surface area (Å²) in [5.41, 5.74) is 1.30. The van der Waals surface area contributed by atoms with Gasteiger partial charge in [0.25, 0.3) is 0 Å². The Kier molecular flexibility index (Phi) is 6.53. The van der Waals surface area contributed by atoms with Crippen LogP contribution in [0.2, 0.25) is 0 Å². The molecule has 0 saturated heterocycles. The van der Waals surface area contributed by atoms with E-state index in [2.05, 4.69) is 100 Å². The highest BCUT2D eigenvalue weighted by Gasteiger charge is 2.44. The molecule has 0 atom stereocenters. The molecule has 5 rings (SSSR count). The van der Waals surface area contributed by atoms with E-state index in [0.29, 0.717) is 11.1 Å². The molecule has 0 amide bonds. The van der Waals surface area contributed by atoms with Gasteiger partial charge in [0.2, 0.25) is 0 Å². The maximum absolute atomic E-state index is 12.7. The van der Waals surface area contributed by atoms with E-state index in [1.54, 1.807) is 26.0 Å². The maximum atomic E-state index is 12.7. The summed E-state index contributed by atoms with van der Waals surface area (Å²) in [5, 5.41) is 4.19. The first-order valence-electron chi connectivity index (χ1n) is 10.3. The number of alkyl halides is 2. The SMILES string of the molecule is Cc1ccc(C)c2c1OC(F)(F)O2.c1ccc(P(c2ccccc2)c2ccccc2)cc1. The fourth-order valence-corrected chi connectivity index (χ4v) is 5.76. The molecule has 0 aliphatic carbocycles. The van der Waals surface area contributed by atoms with Crippen LogP contribution in [-0.4, -0.2) is 6.29 Å². The highest BCUT2D eigenvalue weighted by Crippen LogP contribution is 2.45. The van der Waals surface area contributed by atoms with Crippen molar-refractivity contribution in [2.24, 2.45) is 0 Å². The van der Waals surface area contributed by atoms with Crippen LogP contribution in [0.15, 0.2) is 103 Å². The van der Waals surface area contributed by atoms with Crippen LogP contribution < -0.4 is 25.4 Å². The van der Waals surface area contributed by atoms with Crippen molar-refractivity contribution in [3.8, 4) is 11.5 Å². The van der Waals surface area contributed by atoms with Gasteiger partial charge in [0, 0.05) is 0 Å². The zero-order valence-electron chi connectivity index (χ0n) is 17.8. The van der Waals surface area contributed by atoms with Crippen molar-refractivity contribution < 1.29 is 18.3 Å². The minimum Gasteiger partial charge on any atom is -0.395 e. The quantitative estimate of drug-likeness (QED) is 0.354. The lowest BCUT2D eigenvalue weighted by molar-refractivity contribution is -0.287. The molecule has 0 spiro atoms. The first kappa shape index (κ1) is 22.0. The molecule has 0 bridgehead atoms. The van der Waals surface area contributed by atoms with Gasteiger partial charge in [-0.25, -0.2) is 0 Å². The van der Waals surface area contributed by atoms with Gasteiger partial charge in [0.05, 0.1) is 0 Å². The van der Waals surface area contributed by atoms with E-state index >= 15 is 0 Å². The van der Waals surface area contributed by atoms with Crippen molar-refractivity contribution in [3.63, 3.8) is 0 Å². The van der Waals surface area contributed by atoms with Crippen molar-refractivity contribution in [1.82, 2.24) is 0 Å². The molecule has 1 aliphatic heterocycles. The number of halogens is 2. The van der Waals surface area contributed by atoms with Crippen LogP contribution in [0.5, 0.6) is 11.5 Å². The lowest BCUT2D eigenvalue weighted by Crippen LogP contribution is -2.26. The van der Waals surface area contributed by atoms with Crippen LogP contribution >= 0.6 is 7.92 Å². The zero-order chi connectivity index (χ0) is 22.6. The van der Waals surface area contributed by atoms with Crippen LogP contribution in [0.1, 0.15) is 11.1 Å². The molecule has 162 valence electrons. The smallest absolute Gasteiger partial charge is 0.395 e. The Hall–Kier alpha value is -3.23. The van der Waals surface area contributed by atoms with E-state index in [4.69, 9.17) is 0 Å².